The Morgan fingerprint density at radius 1 is 1.63 bits per heavy atom. The van der Waals surface area contributed by atoms with Crippen LogP contribution in [0.2, 0.25) is 0 Å². The summed E-state index contributed by atoms with van der Waals surface area (Å²) in [5.74, 6) is 0.721. The van der Waals surface area contributed by atoms with Gasteiger partial charge in [0.05, 0.1) is 13.2 Å². The summed E-state index contributed by atoms with van der Waals surface area (Å²) in [6, 6.07) is 0. The lowest BCUT2D eigenvalue weighted by atomic mass is 10.2. The van der Waals surface area contributed by atoms with Crippen LogP contribution in [0.4, 0.5) is 0 Å². The summed E-state index contributed by atoms with van der Waals surface area (Å²) >= 11 is 7.01. The van der Waals surface area contributed by atoms with Crippen molar-refractivity contribution in [3.63, 3.8) is 0 Å². The Morgan fingerprint density at radius 2 is 2.47 bits per heavy atom. The molecule has 2 rings (SSSR count). The lowest BCUT2D eigenvalue weighted by Crippen LogP contribution is -2.50. The summed E-state index contributed by atoms with van der Waals surface area (Å²) < 4.78 is 10.3. The number of rotatable bonds is 3. The summed E-state index contributed by atoms with van der Waals surface area (Å²) in [5.41, 5.74) is 0. The van der Waals surface area contributed by atoms with Crippen LogP contribution in [0.25, 0.3) is 0 Å². The largest absolute Gasteiger partial charge is 0.468 e. The predicted octanol–water partition coefficient (Wildman–Crippen LogP) is 0.630. The van der Waals surface area contributed by atoms with Gasteiger partial charge in [0, 0.05) is 32.0 Å². The van der Waals surface area contributed by atoms with Gasteiger partial charge in [-0.25, -0.2) is 0 Å². The normalized spacial score (nSPS) is 27.1. The summed E-state index contributed by atoms with van der Waals surface area (Å²) in [6.07, 6.45) is 2.49. The quantitative estimate of drug-likeness (QED) is 0.606. The molecule has 108 valence electrons. The standard InChI is InChI=1S/C12H20N2O3S2/c1-16-11(15)10-8-14(4-6-19-10)12(18)13-7-9-3-2-5-17-9/h9-10H,2-8H2,1H3,(H,13,18)/t9-,10-/m0/s1. The van der Waals surface area contributed by atoms with Crippen LogP contribution in [0, 0.1) is 0 Å². The fraction of sp³-hybridized carbons (Fsp3) is 0.833. The number of carbonyl (C=O) groups excluding carboxylic acids is 1. The van der Waals surface area contributed by atoms with Gasteiger partial charge >= 0.3 is 5.97 Å². The smallest absolute Gasteiger partial charge is 0.320 e. The van der Waals surface area contributed by atoms with Crippen molar-refractivity contribution in [3.05, 3.63) is 0 Å². The minimum absolute atomic E-state index is 0.138. The molecule has 0 bridgehead atoms. The van der Waals surface area contributed by atoms with Gasteiger partial charge in [0.2, 0.25) is 0 Å². The van der Waals surface area contributed by atoms with Crippen LogP contribution < -0.4 is 5.32 Å². The zero-order valence-corrected chi connectivity index (χ0v) is 12.7. The van der Waals surface area contributed by atoms with E-state index >= 15 is 0 Å². The molecule has 1 N–H and O–H groups in total. The fourth-order valence-corrected chi connectivity index (χ4v) is 3.60. The van der Waals surface area contributed by atoms with Crippen LogP contribution in [0.1, 0.15) is 12.8 Å². The van der Waals surface area contributed by atoms with Gasteiger partial charge in [-0.2, -0.15) is 0 Å². The number of thiocarbonyl (C=S) groups is 1. The third-order valence-corrected chi connectivity index (χ3v) is 4.89. The molecule has 2 saturated heterocycles. The fourth-order valence-electron chi connectivity index (χ4n) is 2.23. The number of thioether (sulfide) groups is 1. The van der Waals surface area contributed by atoms with E-state index in [0.29, 0.717) is 11.7 Å². The molecule has 0 amide bonds. The average molecular weight is 304 g/mol. The maximum absolute atomic E-state index is 11.5. The molecular formula is C12H20N2O3S2. The number of esters is 1. The summed E-state index contributed by atoms with van der Waals surface area (Å²) in [5, 5.41) is 3.82. The maximum Gasteiger partial charge on any atom is 0.320 e. The Bertz CT molecular complexity index is 335. The molecule has 2 heterocycles. The van der Waals surface area contributed by atoms with Gasteiger partial charge in [-0.15, -0.1) is 11.8 Å². The van der Waals surface area contributed by atoms with Crippen molar-refractivity contribution < 1.29 is 14.3 Å². The highest BCUT2D eigenvalue weighted by Crippen LogP contribution is 2.20. The van der Waals surface area contributed by atoms with Crippen molar-refractivity contribution in [1.29, 1.82) is 0 Å². The minimum Gasteiger partial charge on any atom is -0.468 e. The Hall–Kier alpha value is -0.530. The Morgan fingerprint density at radius 3 is 3.16 bits per heavy atom. The van der Waals surface area contributed by atoms with Crippen molar-refractivity contribution in [1.82, 2.24) is 10.2 Å². The third kappa shape index (κ3) is 4.22. The SMILES string of the molecule is COC(=O)[C@@H]1CN(C(=S)NC[C@@H]2CCCO2)CCS1. The number of nitrogens with zero attached hydrogens (tertiary/aromatic N) is 1. The molecule has 0 aromatic heterocycles. The molecule has 0 saturated carbocycles. The molecule has 0 aliphatic carbocycles. The van der Waals surface area contributed by atoms with Gasteiger partial charge in [0.15, 0.2) is 5.11 Å². The molecule has 5 nitrogen and oxygen atoms in total. The van der Waals surface area contributed by atoms with Gasteiger partial charge < -0.3 is 19.7 Å². The first kappa shape index (κ1) is 14.9. The average Bonchev–Trinajstić information content (AvgIpc) is 2.97. The van der Waals surface area contributed by atoms with Crippen LogP contribution in [-0.2, 0) is 14.3 Å². The van der Waals surface area contributed by atoms with Crippen LogP contribution in [0.5, 0.6) is 0 Å². The van der Waals surface area contributed by atoms with E-state index in [-0.39, 0.29) is 17.3 Å². The molecule has 7 heteroatoms. The molecule has 0 aromatic rings. The lowest BCUT2D eigenvalue weighted by Gasteiger charge is -2.33. The van der Waals surface area contributed by atoms with E-state index in [9.17, 15) is 4.79 Å². The number of carbonyl (C=O) groups is 1. The van der Waals surface area contributed by atoms with E-state index in [1.165, 1.54) is 7.11 Å². The van der Waals surface area contributed by atoms with E-state index in [1.54, 1.807) is 11.8 Å². The Labute approximate surface area is 123 Å². The number of hydrogen-bond acceptors (Lipinski definition) is 5. The van der Waals surface area contributed by atoms with Gasteiger partial charge in [-0.05, 0) is 25.1 Å². The number of methoxy groups -OCH3 is 1. The molecular weight excluding hydrogens is 284 g/mol. The van der Waals surface area contributed by atoms with Crippen molar-refractivity contribution in [2.24, 2.45) is 0 Å². The van der Waals surface area contributed by atoms with Crippen molar-refractivity contribution >= 4 is 35.1 Å². The summed E-state index contributed by atoms with van der Waals surface area (Å²) in [7, 11) is 1.43. The molecule has 2 atom stereocenters. The molecule has 2 fully saturated rings. The van der Waals surface area contributed by atoms with Gasteiger partial charge in [0.25, 0.3) is 0 Å². The highest BCUT2D eigenvalue weighted by Gasteiger charge is 2.28. The Kier molecular flexibility index (Phi) is 5.72. The summed E-state index contributed by atoms with van der Waals surface area (Å²) in [6.45, 7) is 3.10. The van der Waals surface area contributed by atoms with Crippen LogP contribution in [-0.4, -0.2) is 66.4 Å². The van der Waals surface area contributed by atoms with E-state index < -0.39 is 0 Å². The lowest BCUT2D eigenvalue weighted by molar-refractivity contribution is -0.140. The maximum atomic E-state index is 11.5. The zero-order valence-electron chi connectivity index (χ0n) is 11.1. The molecule has 0 aromatic carbocycles. The Balaban J connectivity index is 1.76. The molecule has 0 spiro atoms. The van der Waals surface area contributed by atoms with E-state index in [4.69, 9.17) is 21.7 Å². The first-order valence-corrected chi connectivity index (χ1v) is 8.00. The zero-order chi connectivity index (χ0) is 13.7. The van der Waals surface area contributed by atoms with Gasteiger partial charge in [0.1, 0.15) is 5.25 Å². The van der Waals surface area contributed by atoms with Crippen molar-refractivity contribution in [3.8, 4) is 0 Å². The van der Waals surface area contributed by atoms with E-state index in [0.717, 1.165) is 38.3 Å². The first-order valence-electron chi connectivity index (χ1n) is 6.54. The second-order valence-corrected chi connectivity index (χ2v) is 6.35. The predicted molar refractivity (Wildman–Crippen MR) is 79.4 cm³/mol. The van der Waals surface area contributed by atoms with Gasteiger partial charge in [-0.3, -0.25) is 4.79 Å². The van der Waals surface area contributed by atoms with E-state index in [1.807, 2.05) is 4.90 Å². The number of hydrogen-bond donors (Lipinski definition) is 1. The molecule has 2 aliphatic heterocycles. The highest BCUT2D eigenvalue weighted by atomic mass is 32.2. The summed E-state index contributed by atoms with van der Waals surface area (Å²) in [4.78, 5) is 13.6. The second-order valence-electron chi connectivity index (χ2n) is 4.65. The van der Waals surface area contributed by atoms with Crippen molar-refractivity contribution in [2.75, 3.05) is 39.1 Å². The second kappa shape index (κ2) is 7.31. The van der Waals surface area contributed by atoms with Crippen LogP contribution in [0.3, 0.4) is 0 Å². The minimum atomic E-state index is -0.170. The van der Waals surface area contributed by atoms with Gasteiger partial charge in [-0.1, -0.05) is 0 Å². The number of nitrogens with one attached hydrogen (secondary N) is 1. The monoisotopic (exact) mass is 304 g/mol. The first-order chi connectivity index (χ1) is 9.20. The van der Waals surface area contributed by atoms with Crippen molar-refractivity contribution in [2.45, 2.75) is 24.2 Å². The molecule has 0 radical (unpaired) electrons. The van der Waals surface area contributed by atoms with E-state index in [2.05, 4.69) is 5.32 Å². The molecule has 0 unspecified atom stereocenters. The van der Waals surface area contributed by atoms with Crippen LogP contribution in [0.15, 0.2) is 0 Å². The molecule has 2 aliphatic rings. The third-order valence-electron chi connectivity index (χ3n) is 3.32. The highest BCUT2D eigenvalue weighted by molar-refractivity contribution is 8.00. The van der Waals surface area contributed by atoms with Crippen LogP contribution >= 0.6 is 24.0 Å². The topological polar surface area (TPSA) is 50.8 Å². The molecule has 19 heavy (non-hydrogen) atoms. The number of ether oxygens (including phenoxy) is 2.